The molecule has 3 aliphatic rings. The van der Waals surface area contributed by atoms with E-state index in [0.717, 1.165) is 63.5 Å². The fourth-order valence-corrected chi connectivity index (χ4v) is 4.50. The van der Waals surface area contributed by atoms with Gasteiger partial charge in [-0.25, -0.2) is 4.98 Å². The number of hydrogen-bond donors (Lipinski definition) is 1. The molecular weight excluding hydrogens is 371 g/mol. The van der Waals surface area contributed by atoms with Gasteiger partial charge in [-0.1, -0.05) is 0 Å². The summed E-state index contributed by atoms with van der Waals surface area (Å²) >= 11 is 0. The molecule has 7 heteroatoms. The smallest absolute Gasteiger partial charge is 0.257 e. The first-order chi connectivity index (χ1) is 11.8. The predicted octanol–water partition coefficient (Wildman–Crippen LogP) is 3.13. The SMILES string of the molecule is Cl.Cl.O=C(c1cccnc1N1CCCCC1)N1CCC2(CCNC2)CC1. The van der Waals surface area contributed by atoms with E-state index in [1.54, 1.807) is 0 Å². The van der Waals surface area contributed by atoms with Gasteiger partial charge in [-0.2, -0.15) is 0 Å². The molecule has 4 heterocycles. The second-order valence-electron chi connectivity index (χ2n) is 7.64. The summed E-state index contributed by atoms with van der Waals surface area (Å²) in [7, 11) is 0. The summed E-state index contributed by atoms with van der Waals surface area (Å²) in [5.74, 6) is 1.06. The molecule has 4 rings (SSSR count). The topological polar surface area (TPSA) is 48.5 Å². The standard InChI is InChI=1S/C19H28N4O.2ClH/c24-18(23-13-7-19(8-14-23)6-10-20-15-19)16-5-4-9-21-17(16)22-11-2-1-3-12-22;;/h4-5,9,20H,1-3,6-8,10-15H2;2*1H. The minimum absolute atomic E-state index is 0. The van der Waals surface area contributed by atoms with E-state index in [4.69, 9.17) is 0 Å². The molecule has 1 amide bonds. The average Bonchev–Trinajstić information content (AvgIpc) is 3.10. The minimum atomic E-state index is 0. The molecule has 1 spiro atoms. The molecule has 0 saturated carbocycles. The number of carbonyl (C=O) groups excluding carboxylic acids is 1. The summed E-state index contributed by atoms with van der Waals surface area (Å²) in [5.41, 5.74) is 1.24. The minimum Gasteiger partial charge on any atom is -0.356 e. The predicted molar refractivity (Wildman–Crippen MR) is 110 cm³/mol. The molecule has 1 N–H and O–H groups in total. The molecule has 3 aliphatic heterocycles. The van der Waals surface area contributed by atoms with Gasteiger partial charge >= 0.3 is 0 Å². The van der Waals surface area contributed by atoms with Gasteiger partial charge in [0, 0.05) is 38.9 Å². The van der Waals surface area contributed by atoms with Gasteiger partial charge in [0.05, 0.1) is 5.56 Å². The number of carbonyl (C=O) groups is 1. The van der Waals surface area contributed by atoms with Crippen molar-refractivity contribution in [3.05, 3.63) is 23.9 Å². The molecule has 1 aromatic rings. The number of nitrogens with one attached hydrogen (secondary N) is 1. The van der Waals surface area contributed by atoms with Crippen LogP contribution in [0, 0.1) is 5.41 Å². The Morgan fingerprint density at radius 2 is 1.77 bits per heavy atom. The molecule has 0 radical (unpaired) electrons. The molecule has 0 atom stereocenters. The van der Waals surface area contributed by atoms with E-state index in [0.29, 0.717) is 5.41 Å². The van der Waals surface area contributed by atoms with E-state index in [2.05, 4.69) is 15.2 Å². The number of pyridine rings is 1. The van der Waals surface area contributed by atoms with Gasteiger partial charge in [0.2, 0.25) is 0 Å². The van der Waals surface area contributed by atoms with Crippen molar-refractivity contribution in [2.24, 2.45) is 5.41 Å². The van der Waals surface area contributed by atoms with Crippen molar-refractivity contribution < 1.29 is 4.79 Å². The third kappa shape index (κ3) is 4.26. The number of nitrogens with zero attached hydrogens (tertiary/aromatic N) is 3. The zero-order valence-electron chi connectivity index (χ0n) is 15.3. The van der Waals surface area contributed by atoms with Crippen LogP contribution < -0.4 is 10.2 Å². The van der Waals surface area contributed by atoms with Crippen LogP contribution in [0.25, 0.3) is 0 Å². The van der Waals surface area contributed by atoms with Crippen LogP contribution in [0.1, 0.15) is 48.9 Å². The van der Waals surface area contributed by atoms with Crippen molar-refractivity contribution >= 4 is 36.5 Å². The van der Waals surface area contributed by atoms with Gasteiger partial charge in [-0.15, -0.1) is 24.8 Å². The zero-order chi connectivity index (χ0) is 16.4. The largest absolute Gasteiger partial charge is 0.356 e. The summed E-state index contributed by atoms with van der Waals surface area (Å²) < 4.78 is 0. The van der Waals surface area contributed by atoms with E-state index in [9.17, 15) is 4.79 Å². The third-order valence-electron chi connectivity index (χ3n) is 6.12. The normalized spacial score (nSPS) is 21.8. The van der Waals surface area contributed by atoms with Crippen LogP contribution in [0.2, 0.25) is 0 Å². The molecule has 3 fully saturated rings. The van der Waals surface area contributed by atoms with E-state index in [-0.39, 0.29) is 30.7 Å². The van der Waals surface area contributed by atoms with Crippen LogP contribution in [0.5, 0.6) is 0 Å². The number of piperidine rings is 2. The lowest BCUT2D eigenvalue weighted by atomic mass is 9.78. The Morgan fingerprint density at radius 1 is 1.04 bits per heavy atom. The fourth-order valence-electron chi connectivity index (χ4n) is 4.50. The highest BCUT2D eigenvalue weighted by Crippen LogP contribution is 2.37. The highest BCUT2D eigenvalue weighted by Gasteiger charge is 2.38. The van der Waals surface area contributed by atoms with E-state index < -0.39 is 0 Å². The van der Waals surface area contributed by atoms with Gasteiger partial charge in [0.25, 0.3) is 5.91 Å². The number of aromatic nitrogens is 1. The van der Waals surface area contributed by atoms with Crippen molar-refractivity contribution in [3.63, 3.8) is 0 Å². The first kappa shape index (κ1) is 21.3. The molecule has 0 aromatic carbocycles. The van der Waals surface area contributed by atoms with Crippen molar-refractivity contribution in [1.82, 2.24) is 15.2 Å². The maximum Gasteiger partial charge on any atom is 0.257 e. The van der Waals surface area contributed by atoms with Crippen molar-refractivity contribution in [3.8, 4) is 0 Å². The zero-order valence-corrected chi connectivity index (χ0v) is 16.9. The first-order valence-corrected chi connectivity index (χ1v) is 9.47. The lowest BCUT2D eigenvalue weighted by Crippen LogP contribution is -2.44. The summed E-state index contributed by atoms with van der Waals surface area (Å²) in [5, 5.41) is 3.49. The Bertz CT molecular complexity index is 591. The van der Waals surface area contributed by atoms with Gasteiger partial charge < -0.3 is 15.1 Å². The van der Waals surface area contributed by atoms with Crippen molar-refractivity contribution in [1.29, 1.82) is 0 Å². The number of rotatable bonds is 2. The van der Waals surface area contributed by atoms with Crippen LogP contribution in [0.3, 0.4) is 0 Å². The quantitative estimate of drug-likeness (QED) is 0.827. The highest BCUT2D eigenvalue weighted by atomic mass is 35.5. The van der Waals surface area contributed by atoms with Crippen LogP contribution in [0.15, 0.2) is 18.3 Å². The van der Waals surface area contributed by atoms with Gasteiger partial charge in [0.15, 0.2) is 0 Å². The molecule has 5 nitrogen and oxygen atoms in total. The first-order valence-electron chi connectivity index (χ1n) is 9.47. The number of anilines is 1. The Labute approximate surface area is 168 Å². The molecule has 0 bridgehead atoms. The van der Waals surface area contributed by atoms with Crippen LogP contribution in [-0.2, 0) is 0 Å². The summed E-state index contributed by atoms with van der Waals surface area (Å²) in [4.78, 5) is 22.0. The van der Waals surface area contributed by atoms with Crippen molar-refractivity contribution in [2.75, 3.05) is 44.2 Å². The second-order valence-corrected chi connectivity index (χ2v) is 7.64. The third-order valence-corrected chi connectivity index (χ3v) is 6.12. The van der Waals surface area contributed by atoms with Crippen molar-refractivity contribution in [2.45, 2.75) is 38.5 Å². The summed E-state index contributed by atoms with van der Waals surface area (Å²) in [6.45, 7) is 6.07. The highest BCUT2D eigenvalue weighted by molar-refractivity contribution is 5.99. The van der Waals surface area contributed by atoms with Crippen LogP contribution >= 0.6 is 24.8 Å². The molecule has 26 heavy (non-hydrogen) atoms. The molecule has 3 saturated heterocycles. The molecule has 1 aromatic heterocycles. The second kappa shape index (κ2) is 9.25. The Morgan fingerprint density at radius 3 is 2.42 bits per heavy atom. The van der Waals surface area contributed by atoms with Crippen LogP contribution in [-0.4, -0.2) is 55.1 Å². The van der Waals surface area contributed by atoms with Gasteiger partial charge in [-0.05, 0) is 62.6 Å². The Hall–Kier alpha value is -1.04. The molecule has 146 valence electrons. The molecule has 0 unspecified atom stereocenters. The monoisotopic (exact) mass is 400 g/mol. The Balaban J connectivity index is 0.00000121. The van der Waals surface area contributed by atoms with E-state index in [1.165, 1.54) is 25.7 Å². The van der Waals surface area contributed by atoms with Gasteiger partial charge in [-0.3, -0.25) is 4.79 Å². The summed E-state index contributed by atoms with van der Waals surface area (Å²) in [6.07, 6.45) is 9.02. The Kier molecular flexibility index (Phi) is 7.56. The van der Waals surface area contributed by atoms with Crippen LogP contribution in [0.4, 0.5) is 5.82 Å². The molecule has 0 aliphatic carbocycles. The van der Waals surface area contributed by atoms with E-state index in [1.807, 2.05) is 23.2 Å². The number of likely N-dealkylation sites (tertiary alicyclic amines) is 1. The summed E-state index contributed by atoms with van der Waals surface area (Å²) in [6, 6.07) is 3.85. The van der Waals surface area contributed by atoms with Gasteiger partial charge in [0.1, 0.15) is 5.82 Å². The average molecular weight is 401 g/mol. The lowest BCUT2D eigenvalue weighted by molar-refractivity contribution is 0.0608. The van der Waals surface area contributed by atoms with E-state index >= 15 is 0 Å². The molecular formula is C19H30Cl2N4O. The fraction of sp³-hybridized carbons (Fsp3) is 0.684. The lowest BCUT2D eigenvalue weighted by Gasteiger charge is -2.39. The maximum absolute atomic E-state index is 13.1. The number of hydrogen-bond acceptors (Lipinski definition) is 4. The number of halogens is 2. The maximum atomic E-state index is 13.1. The number of amides is 1.